The molecular weight excluding hydrogens is 406 g/mol. The average molecular weight is 429 g/mol. The van der Waals surface area contributed by atoms with Crippen molar-refractivity contribution in [2.24, 2.45) is 0 Å². The standard InChI is InChI=1S/C21H23N3O5S/c1-16(29-19-4-2-3-18(13-19)14-22)21(25)23-15-17-5-7-20(8-6-17)30(26,27)24-9-11-28-12-10-24/h2-8,13,16H,9-12,15H2,1H3,(H,23,25). The lowest BCUT2D eigenvalue weighted by molar-refractivity contribution is -0.127. The van der Waals surface area contributed by atoms with E-state index in [-0.39, 0.29) is 17.3 Å². The van der Waals surface area contributed by atoms with Gasteiger partial charge in [0.05, 0.1) is 29.7 Å². The van der Waals surface area contributed by atoms with Crippen molar-refractivity contribution < 1.29 is 22.7 Å². The second-order valence-corrected chi connectivity index (χ2v) is 8.72. The van der Waals surface area contributed by atoms with Gasteiger partial charge in [-0.15, -0.1) is 0 Å². The molecule has 0 aromatic heterocycles. The van der Waals surface area contributed by atoms with Crippen LogP contribution in [0.3, 0.4) is 0 Å². The van der Waals surface area contributed by atoms with Crippen molar-refractivity contribution in [1.82, 2.24) is 9.62 Å². The Labute approximate surface area is 176 Å². The summed E-state index contributed by atoms with van der Waals surface area (Å²) in [5.41, 5.74) is 1.22. The van der Waals surface area contributed by atoms with Gasteiger partial charge < -0.3 is 14.8 Å². The molecular formula is C21H23N3O5S. The fourth-order valence-electron chi connectivity index (χ4n) is 2.94. The Kier molecular flexibility index (Phi) is 7.05. The normalized spacial score (nSPS) is 15.7. The summed E-state index contributed by atoms with van der Waals surface area (Å²) in [5, 5.41) is 11.7. The lowest BCUT2D eigenvalue weighted by Crippen LogP contribution is -2.40. The number of nitriles is 1. The van der Waals surface area contributed by atoms with Gasteiger partial charge in [0, 0.05) is 19.6 Å². The largest absolute Gasteiger partial charge is 0.481 e. The van der Waals surface area contributed by atoms with Gasteiger partial charge in [-0.3, -0.25) is 4.79 Å². The van der Waals surface area contributed by atoms with Crippen LogP contribution in [0.2, 0.25) is 0 Å². The van der Waals surface area contributed by atoms with Crippen molar-refractivity contribution in [1.29, 1.82) is 5.26 Å². The summed E-state index contributed by atoms with van der Waals surface area (Å²) in [7, 11) is -3.54. The minimum atomic E-state index is -3.54. The molecule has 1 heterocycles. The summed E-state index contributed by atoms with van der Waals surface area (Å²) >= 11 is 0. The van der Waals surface area contributed by atoms with Crippen LogP contribution in [-0.4, -0.2) is 51.0 Å². The lowest BCUT2D eigenvalue weighted by Gasteiger charge is -2.26. The zero-order chi connectivity index (χ0) is 21.6. The fourth-order valence-corrected chi connectivity index (χ4v) is 4.35. The number of benzene rings is 2. The number of amides is 1. The van der Waals surface area contributed by atoms with Gasteiger partial charge in [-0.2, -0.15) is 9.57 Å². The summed E-state index contributed by atoms with van der Waals surface area (Å²) in [6.45, 7) is 3.33. The van der Waals surface area contributed by atoms with Gasteiger partial charge in [0.2, 0.25) is 10.0 Å². The maximum atomic E-state index is 12.6. The molecule has 2 aromatic rings. The number of morpholine rings is 1. The average Bonchev–Trinajstić information content (AvgIpc) is 2.78. The Balaban J connectivity index is 1.55. The summed E-state index contributed by atoms with van der Waals surface area (Å²) < 4.78 is 37.5. The summed E-state index contributed by atoms with van der Waals surface area (Å²) in [5.74, 6) is 0.122. The van der Waals surface area contributed by atoms with Crippen molar-refractivity contribution in [3.63, 3.8) is 0 Å². The second kappa shape index (κ2) is 9.71. The van der Waals surface area contributed by atoms with Gasteiger partial charge in [-0.05, 0) is 42.8 Å². The van der Waals surface area contributed by atoms with Gasteiger partial charge >= 0.3 is 0 Å². The molecule has 1 atom stereocenters. The molecule has 1 aliphatic rings. The number of carbonyl (C=O) groups excluding carboxylic acids is 1. The number of ether oxygens (including phenoxy) is 2. The number of nitrogens with zero attached hydrogens (tertiary/aromatic N) is 2. The third kappa shape index (κ3) is 5.36. The first-order chi connectivity index (χ1) is 14.4. The minimum Gasteiger partial charge on any atom is -0.481 e. The smallest absolute Gasteiger partial charge is 0.261 e. The quantitative estimate of drug-likeness (QED) is 0.717. The molecule has 158 valence electrons. The zero-order valence-corrected chi connectivity index (χ0v) is 17.4. The van der Waals surface area contributed by atoms with Gasteiger partial charge in [0.15, 0.2) is 6.10 Å². The highest BCUT2D eigenvalue weighted by atomic mass is 32.2. The van der Waals surface area contributed by atoms with E-state index in [4.69, 9.17) is 14.7 Å². The topological polar surface area (TPSA) is 109 Å². The van der Waals surface area contributed by atoms with Crippen molar-refractivity contribution in [2.75, 3.05) is 26.3 Å². The van der Waals surface area contributed by atoms with Crippen LogP contribution in [0, 0.1) is 11.3 Å². The first kappa shape index (κ1) is 21.8. The Morgan fingerprint density at radius 1 is 1.23 bits per heavy atom. The fraction of sp³-hybridized carbons (Fsp3) is 0.333. The van der Waals surface area contributed by atoms with E-state index in [0.717, 1.165) is 5.56 Å². The van der Waals surface area contributed by atoms with Crippen LogP contribution < -0.4 is 10.1 Å². The molecule has 8 nitrogen and oxygen atoms in total. The van der Waals surface area contributed by atoms with E-state index in [1.165, 1.54) is 4.31 Å². The molecule has 30 heavy (non-hydrogen) atoms. The first-order valence-electron chi connectivity index (χ1n) is 9.51. The van der Waals surface area contributed by atoms with Crippen LogP contribution in [0.4, 0.5) is 0 Å². The van der Waals surface area contributed by atoms with E-state index in [9.17, 15) is 13.2 Å². The van der Waals surface area contributed by atoms with Gasteiger partial charge in [0.25, 0.3) is 5.91 Å². The monoisotopic (exact) mass is 429 g/mol. The molecule has 9 heteroatoms. The Hall–Kier alpha value is -2.93. The molecule has 2 aromatic carbocycles. The van der Waals surface area contributed by atoms with E-state index in [2.05, 4.69) is 5.32 Å². The summed E-state index contributed by atoms with van der Waals surface area (Å²) in [6, 6.07) is 15.0. The molecule has 0 spiro atoms. The number of hydrogen-bond acceptors (Lipinski definition) is 6. The van der Waals surface area contributed by atoms with Crippen LogP contribution in [0.25, 0.3) is 0 Å². The third-order valence-corrected chi connectivity index (χ3v) is 6.56. The van der Waals surface area contributed by atoms with E-state index in [1.54, 1.807) is 55.5 Å². The zero-order valence-electron chi connectivity index (χ0n) is 16.6. The molecule has 0 bridgehead atoms. The minimum absolute atomic E-state index is 0.216. The highest BCUT2D eigenvalue weighted by molar-refractivity contribution is 7.89. The van der Waals surface area contributed by atoms with Crippen molar-refractivity contribution in [3.8, 4) is 11.8 Å². The second-order valence-electron chi connectivity index (χ2n) is 6.78. The van der Waals surface area contributed by atoms with Gasteiger partial charge in [0.1, 0.15) is 5.75 Å². The third-order valence-electron chi connectivity index (χ3n) is 4.64. The molecule has 0 saturated carbocycles. The number of rotatable bonds is 7. The van der Waals surface area contributed by atoms with E-state index in [0.29, 0.717) is 37.6 Å². The van der Waals surface area contributed by atoms with Crippen molar-refractivity contribution in [2.45, 2.75) is 24.5 Å². The maximum absolute atomic E-state index is 12.6. The predicted octanol–water partition coefficient (Wildman–Crippen LogP) is 1.66. The summed E-state index contributed by atoms with van der Waals surface area (Å²) in [4.78, 5) is 12.5. The highest BCUT2D eigenvalue weighted by Crippen LogP contribution is 2.18. The van der Waals surface area contributed by atoms with E-state index in [1.807, 2.05) is 6.07 Å². The predicted molar refractivity (Wildman–Crippen MR) is 109 cm³/mol. The highest BCUT2D eigenvalue weighted by Gasteiger charge is 2.26. The Bertz CT molecular complexity index is 1030. The van der Waals surface area contributed by atoms with Gasteiger partial charge in [-0.25, -0.2) is 8.42 Å². The summed E-state index contributed by atoms with van der Waals surface area (Å²) in [6.07, 6.45) is -0.750. The first-order valence-corrected chi connectivity index (χ1v) is 11.0. The number of carbonyl (C=O) groups is 1. The van der Waals surface area contributed by atoms with Crippen molar-refractivity contribution >= 4 is 15.9 Å². The SMILES string of the molecule is CC(Oc1cccc(C#N)c1)C(=O)NCc1ccc(S(=O)(=O)N2CCOCC2)cc1. The van der Waals surface area contributed by atoms with Gasteiger partial charge in [-0.1, -0.05) is 18.2 Å². The molecule has 1 saturated heterocycles. The van der Waals surface area contributed by atoms with Crippen LogP contribution >= 0.6 is 0 Å². The number of sulfonamides is 1. The lowest BCUT2D eigenvalue weighted by atomic mass is 10.2. The molecule has 1 amide bonds. The van der Waals surface area contributed by atoms with Crippen LogP contribution in [0.1, 0.15) is 18.1 Å². The van der Waals surface area contributed by atoms with Crippen LogP contribution in [0.15, 0.2) is 53.4 Å². The molecule has 0 aliphatic carbocycles. The Morgan fingerprint density at radius 3 is 2.60 bits per heavy atom. The molecule has 0 radical (unpaired) electrons. The van der Waals surface area contributed by atoms with E-state index < -0.39 is 16.1 Å². The molecule has 1 fully saturated rings. The molecule has 1 aliphatic heterocycles. The Morgan fingerprint density at radius 2 is 1.93 bits per heavy atom. The molecule has 3 rings (SSSR count). The van der Waals surface area contributed by atoms with Crippen LogP contribution in [0.5, 0.6) is 5.75 Å². The molecule has 1 N–H and O–H groups in total. The maximum Gasteiger partial charge on any atom is 0.261 e. The number of hydrogen-bond donors (Lipinski definition) is 1. The van der Waals surface area contributed by atoms with Crippen LogP contribution in [-0.2, 0) is 26.1 Å². The van der Waals surface area contributed by atoms with E-state index >= 15 is 0 Å². The number of nitrogens with one attached hydrogen (secondary N) is 1. The van der Waals surface area contributed by atoms with Crippen molar-refractivity contribution in [3.05, 3.63) is 59.7 Å². The molecule has 1 unspecified atom stereocenters.